The van der Waals surface area contributed by atoms with Crippen molar-refractivity contribution < 1.29 is 0 Å². The average Bonchev–Trinajstić information content (AvgIpc) is 3.09. The summed E-state index contributed by atoms with van der Waals surface area (Å²) in [4.78, 5) is 6.47. The number of benzene rings is 2. The van der Waals surface area contributed by atoms with Gasteiger partial charge in [0.1, 0.15) is 5.01 Å². The molecule has 1 nitrogen and oxygen atoms in total. The molecule has 0 N–H and O–H groups in total. The van der Waals surface area contributed by atoms with Crippen LogP contribution in [0.2, 0.25) is 0 Å². The molecule has 0 aliphatic heterocycles. The minimum absolute atomic E-state index is 0.632. The predicted octanol–water partition coefficient (Wildman–Crippen LogP) is 6.52. The van der Waals surface area contributed by atoms with E-state index in [0.29, 0.717) is 5.92 Å². The first-order chi connectivity index (χ1) is 11.4. The zero-order valence-corrected chi connectivity index (χ0v) is 14.1. The fraction of sp³-hybridized carbons (Fsp3) is 0.286. The van der Waals surface area contributed by atoms with Gasteiger partial charge in [0.15, 0.2) is 0 Å². The monoisotopic (exact) mass is 319 g/mol. The second-order valence-electron chi connectivity index (χ2n) is 6.30. The molecule has 2 aromatic carbocycles. The molecular weight excluding hydrogens is 298 g/mol. The molecule has 1 heterocycles. The molecule has 0 atom stereocenters. The van der Waals surface area contributed by atoms with E-state index in [1.807, 2.05) is 11.3 Å². The first-order valence-electron chi connectivity index (χ1n) is 8.53. The Morgan fingerprint density at radius 3 is 2.00 bits per heavy atom. The molecule has 1 aliphatic carbocycles. The maximum atomic E-state index is 5.10. The van der Waals surface area contributed by atoms with Crippen molar-refractivity contribution in [1.29, 1.82) is 0 Å². The maximum absolute atomic E-state index is 5.10. The number of aromatic nitrogens is 1. The lowest BCUT2D eigenvalue weighted by Crippen LogP contribution is -2.06. The van der Waals surface area contributed by atoms with E-state index in [4.69, 9.17) is 4.98 Å². The van der Waals surface area contributed by atoms with Gasteiger partial charge in [0.25, 0.3) is 0 Å². The summed E-state index contributed by atoms with van der Waals surface area (Å²) in [6.45, 7) is 0. The van der Waals surface area contributed by atoms with E-state index in [1.165, 1.54) is 53.8 Å². The van der Waals surface area contributed by atoms with E-state index >= 15 is 0 Å². The predicted molar refractivity (Wildman–Crippen MR) is 98.8 cm³/mol. The summed E-state index contributed by atoms with van der Waals surface area (Å²) in [7, 11) is 0. The lowest BCUT2D eigenvalue weighted by molar-refractivity contribution is 0.439. The number of hydrogen-bond donors (Lipinski definition) is 0. The third-order valence-electron chi connectivity index (χ3n) is 4.70. The minimum atomic E-state index is 0.632. The van der Waals surface area contributed by atoms with Crippen LogP contribution in [0.15, 0.2) is 60.7 Å². The van der Waals surface area contributed by atoms with Gasteiger partial charge in [-0.25, -0.2) is 4.98 Å². The third kappa shape index (κ3) is 3.09. The number of thiazole rings is 1. The Morgan fingerprint density at radius 1 is 0.739 bits per heavy atom. The van der Waals surface area contributed by atoms with Crippen molar-refractivity contribution in [3.05, 3.63) is 66.4 Å². The van der Waals surface area contributed by atoms with Gasteiger partial charge in [-0.1, -0.05) is 79.9 Å². The van der Waals surface area contributed by atoms with Crippen LogP contribution in [-0.4, -0.2) is 4.98 Å². The molecule has 0 saturated heterocycles. The highest BCUT2D eigenvalue weighted by Crippen LogP contribution is 2.43. The zero-order valence-electron chi connectivity index (χ0n) is 13.2. The summed E-state index contributed by atoms with van der Waals surface area (Å²) in [6.07, 6.45) is 6.65. The second-order valence-corrected chi connectivity index (χ2v) is 7.30. The molecule has 0 spiro atoms. The van der Waals surface area contributed by atoms with Crippen molar-refractivity contribution in [3.63, 3.8) is 0 Å². The van der Waals surface area contributed by atoms with Crippen LogP contribution < -0.4 is 0 Å². The first kappa shape index (κ1) is 14.6. The van der Waals surface area contributed by atoms with Crippen molar-refractivity contribution in [1.82, 2.24) is 4.98 Å². The molecule has 0 bridgehead atoms. The second kappa shape index (κ2) is 6.67. The standard InChI is InChI=1S/C21H21NS/c1-4-10-16(11-5-1)19-20(17-12-6-2-7-13-17)23-21(22-19)18-14-8-3-9-15-18/h2-3,6-9,12-16H,1,4-5,10-11H2. The van der Waals surface area contributed by atoms with Crippen molar-refractivity contribution in [3.8, 4) is 21.0 Å². The van der Waals surface area contributed by atoms with E-state index in [1.54, 1.807) is 0 Å². The van der Waals surface area contributed by atoms with E-state index in [-0.39, 0.29) is 0 Å². The molecular formula is C21H21NS. The van der Waals surface area contributed by atoms with Crippen LogP contribution in [-0.2, 0) is 0 Å². The van der Waals surface area contributed by atoms with Crippen molar-refractivity contribution in [2.75, 3.05) is 0 Å². The summed E-state index contributed by atoms with van der Waals surface area (Å²) >= 11 is 1.85. The summed E-state index contributed by atoms with van der Waals surface area (Å²) in [5.74, 6) is 0.632. The molecule has 0 amide bonds. The molecule has 4 rings (SSSR count). The van der Waals surface area contributed by atoms with E-state index in [9.17, 15) is 0 Å². The summed E-state index contributed by atoms with van der Waals surface area (Å²) < 4.78 is 0. The van der Waals surface area contributed by atoms with Gasteiger partial charge in [-0.3, -0.25) is 0 Å². The van der Waals surface area contributed by atoms with Gasteiger partial charge in [0.05, 0.1) is 10.6 Å². The molecule has 0 radical (unpaired) electrons. The highest BCUT2D eigenvalue weighted by molar-refractivity contribution is 7.18. The van der Waals surface area contributed by atoms with Gasteiger partial charge in [-0.2, -0.15) is 0 Å². The van der Waals surface area contributed by atoms with E-state index in [0.717, 1.165) is 5.01 Å². The Balaban J connectivity index is 1.80. The van der Waals surface area contributed by atoms with E-state index < -0.39 is 0 Å². The van der Waals surface area contributed by atoms with Crippen LogP contribution in [0.4, 0.5) is 0 Å². The largest absolute Gasteiger partial charge is 0.240 e. The van der Waals surface area contributed by atoms with Crippen LogP contribution in [0.5, 0.6) is 0 Å². The van der Waals surface area contributed by atoms with Gasteiger partial charge >= 0.3 is 0 Å². The SMILES string of the molecule is c1ccc(-c2nc(C3CCCCC3)c(-c3ccccc3)s2)cc1. The third-order valence-corrected chi connectivity index (χ3v) is 5.87. The summed E-state index contributed by atoms with van der Waals surface area (Å²) in [5.41, 5.74) is 3.88. The fourth-order valence-corrected chi connectivity index (χ4v) is 4.65. The molecule has 116 valence electrons. The molecule has 1 fully saturated rings. The van der Waals surface area contributed by atoms with Crippen LogP contribution in [0, 0.1) is 0 Å². The molecule has 0 unspecified atom stereocenters. The maximum Gasteiger partial charge on any atom is 0.124 e. The molecule has 1 aliphatic rings. The van der Waals surface area contributed by atoms with Crippen LogP contribution >= 0.6 is 11.3 Å². The average molecular weight is 319 g/mol. The van der Waals surface area contributed by atoms with Crippen LogP contribution in [0.3, 0.4) is 0 Å². The zero-order chi connectivity index (χ0) is 15.5. The Kier molecular flexibility index (Phi) is 4.25. The molecule has 2 heteroatoms. The Hall–Kier alpha value is -1.93. The Labute approximate surface area is 142 Å². The first-order valence-corrected chi connectivity index (χ1v) is 9.35. The van der Waals surface area contributed by atoms with Crippen molar-refractivity contribution in [2.24, 2.45) is 0 Å². The summed E-state index contributed by atoms with van der Waals surface area (Å²) in [6, 6.07) is 21.4. The minimum Gasteiger partial charge on any atom is -0.240 e. The smallest absolute Gasteiger partial charge is 0.124 e. The van der Waals surface area contributed by atoms with Gasteiger partial charge in [0, 0.05) is 11.5 Å². The number of nitrogens with zero attached hydrogens (tertiary/aromatic N) is 1. The number of rotatable bonds is 3. The lowest BCUT2D eigenvalue weighted by atomic mass is 9.86. The van der Waals surface area contributed by atoms with Gasteiger partial charge in [-0.05, 0) is 18.4 Å². The fourth-order valence-electron chi connectivity index (χ4n) is 3.49. The van der Waals surface area contributed by atoms with Crippen LogP contribution in [0.25, 0.3) is 21.0 Å². The molecule has 1 aromatic heterocycles. The number of hydrogen-bond acceptors (Lipinski definition) is 2. The molecule has 23 heavy (non-hydrogen) atoms. The molecule has 1 saturated carbocycles. The van der Waals surface area contributed by atoms with E-state index in [2.05, 4.69) is 60.7 Å². The highest BCUT2D eigenvalue weighted by Gasteiger charge is 2.23. The Morgan fingerprint density at radius 2 is 1.35 bits per heavy atom. The van der Waals surface area contributed by atoms with Crippen molar-refractivity contribution >= 4 is 11.3 Å². The topological polar surface area (TPSA) is 12.9 Å². The highest BCUT2D eigenvalue weighted by atomic mass is 32.1. The Bertz CT molecular complexity index is 755. The van der Waals surface area contributed by atoms with Gasteiger partial charge < -0.3 is 0 Å². The molecule has 3 aromatic rings. The quantitative estimate of drug-likeness (QED) is 0.535. The normalized spacial score (nSPS) is 15.7. The van der Waals surface area contributed by atoms with Crippen molar-refractivity contribution in [2.45, 2.75) is 38.0 Å². The van der Waals surface area contributed by atoms with Gasteiger partial charge in [0.2, 0.25) is 0 Å². The summed E-state index contributed by atoms with van der Waals surface area (Å²) in [5, 5.41) is 1.16. The lowest BCUT2D eigenvalue weighted by Gasteiger charge is -2.21. The van der Waals surface area contributed by atoms with Gasteiger partial charge in [-0.15, -0.1) is 11.3 Å². The van der Waals surface area contributed by atoms with Crippen LogP contribution in [0.1, 0.15) is 43.7 Å².